The molecule has 0 amide bonds. The van der Waals surface area contributed by atoms with Gasteiger partial charge in [0, 0.05) is 20.9 Å². The Balaban J connectivity index is 1.54. The van der Waals surface area contributed by atoms with Gasteiger partial charge >= 0.3 is 0 Å². The molecule has 5 heteroatoms. The summed E-state index contributed by atoms with van der Waals surface area (Å²) in [7, 11) is 0. The van der Waals surface area contributed by atoms with Crippen LogP contribution in [0.25, 0.3) is 28.2 Å². The quantitative estimate of drug-likeness (QED) is 0.495. The van der Waals surface area contributed by atoms with Crippen LogP contribution in [0.3, 0.4) is 0 Å². The van der Waals surface area contributed by atoms with Gasteiger partial charge in [-0.1, -0.05) is 36.0 Å². The van der Waals surface area contributed by atoms with Crippen LogP contribution in [0.4, 0.5) is 0 Å². The average Bonchev–Trinajstić information content (AvgIpc) is 3.34. The van der Waals surface area contributed by atoms with Gasteiger partial charge in [0.2, 0.25) is 5.52 Å². The maximum Gasteiger partial charge on any atom is 0.243 e. The zero-order valence-electron chi connectivity index (χ0n) is 17.0. The van der Waals surface area contributed by atoms with Crippen molar-refractivity contribution >= 4 is 28.7 Å². The molecule has 0 radical (unpaired) electrons. The van der Waals surface area contributed by atoms with Crippen molar-refractivity contribution in [3.05, 3.63) is 42.0 Å². The molecule has 0 spiro atoms. The highest BCUT2D eigenvalue weighted by Gasteiger charge is 2.34. The number of H-pyrrole nitrogens is 1. The highest BCUT2D eigenvalue weighted by molar-refractivity contribution is 8.00. The third-order valence-electron chi connectivity index (χ3n) is 6.28. The van der Waals surface area contributed by atoms with Gasteiger partial charge in [-0.15, -0.1) is 4.68 Å². The second-order valence-electron chi connectivity index (χ2n) is 8.84. The second kappa shape index (κ2) is 6.38. The van der Waals surface area contributed by atoms with Crippen LogP contribution >= 0.6 is 11.8 Å². The van der Waals surface area contributed by atoms with E-state index in [0.29, 0.717) is 0 Å². The van der Waals surface area contributed by atoms with Gasteiger partial charge in [-0.3, -0.25) is 4.90 Å². The summed E-state index contributed by atoms with van der Waals surface area (Å²) < 4.78 is 8.72. The number of hydrogen-bond acceptors (Lipinski definition) is 3. The lowest BCUT2D eigenvalue weighted by Crippen LogP contribution is -2.41. The number of aromatic amines is 1. The number of rotatable bonds is 3. The maximum absolute atomic E-state index is 6.39. The van der Waals surface area contributed by atoms with Crippen LogP contribution in [-0.2, 0) is 6.54 Å². The molecule has 3 aromatic rings. The van der Waals surface area contributed by atoms with Gasteiger partial charge in [0.25, 0.3) is 0 Å². The van der Waals surface area contributed by atoms with Gasteiger partial charge in [0.15, 0.2) is 6.54 Å². The van der Waals surface area contributed by atoms with Crippen LogP contribution in [0, 0.1) is 0 Å². The largest absolute Gasteiger partial charge is 0.483 e. The summed E-state index contributed by atoms with van der Waals surface area (Å²) in [4.78, 5) is 5.19. The summed E-state index contributed by atoms with van der Waals surface area (Å²) in [6.07, 6.45) is 7.09. The molecule has 4 heterocycles. The third-order valence-corrected chi connectivity index (χ3v) is 7.48. The molecule has 1 saturated heterocycles. The van der Waals surface area contributed by atoms with E-state index in [1.165, 1.54) is 63.4 Å². The van der Waals surface area contributed by atoms with Crippen molar-refractivity contribution in [3.8, 4) is 17.0 Å². The van der Waals surface area contributed by atoms with Gasteiger partial charge in [-0.25, -0.2) is 0 Å². The van der Waals surface area contributed by atoms with Crippen molar-refractivity contribution in [1.82, 2.24) is 10.00 Å². The van der Waals surface area contributed by atoms with E-state index in [9.17, 15) is 0 Å². The Hall–Kier alpha value is -2.24. The third kappa shape index (κ3) is 2.82. The van der Waals surface area contributed by atoms with Crippen molar-refractivity contribution in [2.45, 2.75) is 48.6 Å². The second-order valence-corrected chi connectivity index (χ2v) is 9.89. The molecule has 4 nitrogen and oxygen atoms in total. The molecule has 0 aliphatic carbocycles. The maximum atomic E-state index is 6.39. The van der Waals surface area contributed by atoms with E-state index in [1.807, 2.05) is 11.8 Å². The van der Waals surface area contributed by atoms with Gasteiger partial charge in [-0.05, 0) is 51.9 Å². The Bertz CT molecular complexity index is 1150. The Labute approximate surface area is 175 Å². The molecule has 1 aromatic heterocycles. The molecule has 0 bridgehead atoms. The van der Waals surface area contributed by atoms with Crippen LogP contribution in [0.1, 0.15) is 32.3 Å². The van der Waals surface area contributed by atoms with Gasteiger partial charge in [0.1, 0.15) is 17.0 Å². The molecular weight excluding hydrogens is 378 g/mol. The Morgan fingerprint density at radius 3 is 2.90 bits per heavy atom. The summed E-state index contributed by atoms with van der Waals surface area (Å²) in [5, 5.41) is 5.09. The minimum absolute atomic E-state index is 0.274. The average molecular weight is 405 g/mol. The number of nitrogens with one attached hydrogen (secondary N) is 1. The molecule has 148 valence electrons. The lowest BCUT2D eigenvalue weighted by molar-refractivity contribution is -0.725. The topological polar surface area (TPSA) is 32.1 Å². The number of fused-ring (bicyclic) bond motifs is 4. The first-order valence-corrected chi connectivity index (χ1v) is 11.4. The first kappa shape index (κ1) is 17.6. The van der Waals surface area contributed by atoms with E-state index in [2.05, 4.69) is 71.0 Å². The fourth-order valence-corrected chi connectivity index (χ4v) is 6.02. The molecule has 1 fully saturated rings. The van der Waals surface area contributed by atoms with Gasteiger partial charge in [0.05, 0.1) is 18.0 Å². The fraction of sp³-hybridized carbons (Fsp3) is 0.375. The number of nitrogens with zero attached hydrogens (tertiary/aromatic N) is 2. The van der Waals surface area contributed by atoms with Crippen molar-refractivity contribution in [2.24, 2.45) is 0 Å². The molecule has 1 N–H and O–H groups in total. The van der Waals surface area contributed by atoms with E-state index in [0.717, 1.165) is 18.8 Å². The number of ether oxygens (including phenoxy) is 1. The Morgan fingerprint density at radius 2 is 2.03 bits per heavy atom. The molecule has 0 saturated carbocycles. The molecule has 0 atom stereocenters. The first-order valence-electron chi connectivity index (χ1n) is 10.6. The normalized spacial score (nSPS) is 19.2. The minimum Gasteiger partial charge on any atom is -0.483 e. The summed E-state index contributed by atoms with van der Waals surface area (Å²) in [6.45, 7) is 8.76. The number of benzene rings is 2. The van der Waals surface area contributed by atoms with Crippen LogP contribution in [0.2, 0.25) is 0 Å². The molecule has 3 aliphatic heterocycles. The van der Waals surface area contributed by atoms with Crippen molar-refractivity contribution in [3.63, 3.8) is 0 Å². The summed E-state index contributed by atoms with van der Waals surface area (Å²) in [6, 6.07) is 11.0. The van der Waals surface area contributed by atoms with Crippen molar-refractivity contribution in [2.75, 3.05) is 19.6 Å². The Morgan fingerprint density at radius 1 is 1.21 bits per heavy atom. The van der Waals surface area contributed by atoms with E-state index < -0.39 is 0 Å². The molecule has 0 unspecified atom stereocenters. The smallest absolute Gasteiger partial charge is 0.243 e. The molecule has 3 aliphatic rings. The zero-order valence-corrected chi connectivity index (χ0v) is 17.8. The summed E-state index contributed by atoms with van der Waals surface area (Å²) in [5.74, 6) is 0.993. The van der Waals surface area contributed by atoms with E-state index in [4.69, 9.17) is 4.74 Å². The standard InChI is InChI=1S/C24H25N3OS/c1-24(2)10-9-16-19(28-24)15-18-21-22(17-7-3-4-8-20(17)29-23(16)21)25-27(18)14-13-26-11-5-6-12-26/h3-4,7-10,15H,5-6,11-14H2,1-2H3/p+1. The number of likely N-dealkylation sites (tertiary alicyclic amines) is 1. The minimum atomic E-state index is -0.274. The van der Waals surface area contributed by atoms with Crippen LogP contribution in [0.15, 0.2) is 46.2 Å². The molecular formula is C24H26N3OS+. The van der Waals surface area contributed by atoms with Crippen LogP contribution in [-0.4, -0.2) is 35.2 Å². The predicted molar refractivity (Wildman–Crippen MR) is 117 cm³/mol. The monoisotopic (exact) mass is 404 g/mol. The van der Waals surface area contributed by atoms with Gasteiger partial charge in [-0.2, -0.15) is 5.10 Å². The highest BCUT2D eigenvalue weighted by atomic mass is 32.2. The number of hydrogen-bond donors (Lipinski definition) is 1. The fourth-order valence-electron chi connectivity index (χ4n) is 4.78. The SMILES string of the molecule is CC1(C)C=Cc2c(cc3c4c([nH][n+]3CCN3CCCC3)-c3ccccc3Sc24)O1. The highest BCUT2D eigenvalue weighted by Crippen LogP contribution is 2.51. The number of aromatic nitrogens is 2. The van der Waals surface area contributed by atoms with E-state index in [1.54, 1.807) is 0 Å². The molecule has 2 aromatic carbocycles. The molecule has 29 heavy (non-hydrogen) atoms. The summed E-state index contributed by atoms with van der Waals surface area (Å²) >= 11 is 1.87. The van der Waals surface area contributed by atoms with Crippen molar-refractivity contribution in [1.29, 1.82) is 0 Å². The lowest BCUT2D eigenvalue weighted by atomic mass is 9.99. The van der Waals surface area contributed by atoms with E-state index in [-0.39, 0.29) is 5.60 Å². The predicted octanol–water partition coefficient (Wildman–Crippen LogP) is 4.87. The Kier molecular flexibility index (Phi) is 3.87. The summed E-state index contributed by atoms with van der Waals surface area (Å²) in [5.41, 5.74) is 4.73. The van der Waals surface area contributed by atoms with Crippen molar-refractivity contribution < 1.29 is 9.42 Å². The van der Waals surface area contributed by atoms with Gasteiger partial charge < -0.3 is 4.74 Å². The first-order chi connectivity index (χ1) is 14.1. The molecule has 6 rings (SSSR count). The zero-order chi connectivity index (χ0) is 19.6. The van der Waals surface area contributed by atoms with E-state index >= 15 is 0 Å². The van der Waals surface area contributed by atoms with Crippen LogP contribution < -0.4 is 9.42 Å². The lowest BCUT2D eigenvalue weighted by Gasteiger charge is -2.29. The van der Waals surface area contributed by atoms with Crippen LogP contribution in [0.5, 0.6) is 5.75 Å².